The average molecular weight is 262 g/mol. The zero-order chi connectivity index (χ0) is 14.0. The third-order valence-corrected chi connectivity index (χ3v) is 2.31. The minimum absolute atomic E-state index is 0.0994. The molecular weight excluding hydrogens is 240 g/mol. The molecule has 0 aromatic heterocycles. The highest BCUT2D eigenvalue weighted by Crippen LogP contribution is 2.14. The lowest BCUT2D eigenvalue weighted by molar-refractivity contribution is -0.158. The molecule has 0 aliphatic heterocycles. The summed E-state index contributed by atoms with van der Waals surface area (Å²) < 4.78 is 19.2. The van der Waals surface area contributed by atoms with Gasteiger partial charge in [0.25, 0.3) is 0 Å². The maximum atomic E-state index is 11.4. The zero-order valence-electron chi connectivity index (χ0n) is 11.5. The number of hydrogen-bond acceptors (Lipinski definition) is 6. The Morgan fingerprint density at radius 1 is 1.11 bits per heavy atom. The van der Waals surface area contributed by atoms with Crippen LogP contribution in [0.4, 0.5) is 4.79 Å². The van der Waals surface area contributed by atoms with Crippen molar-refractivity contribution in [1.29, 1.82) is 0 Å². The first-order chi connectivity index (χ1) is 8.41. The summed E-state index contributed by atoms with van der Waals surface area (Å²) in [4.78, 5) is 22.0. The van der Waals surface area contributed by atoms with E-state index >= 15 is 0 Å². The third kappa shape index (κ3) is 8.81. The topological polar surface area (TPSA) is 71.1 Å². The molecule has 0 aliphatic rings. The van der Waals surface area contributed by atoms with Crippen LogP contribution in [0, 0.1) is 0 Å². The highest BCUT2D eigenvalue weighted by atomic mass is 16.7. The number of esters is 1. The van der Waals surface area contributed by atoms with Gasteiger partial charge in [0.1, 0.15) is 12.2 Å². The van der Waals surface area contributed by atoms with Gasteiger partial charge in [-0.2, -0.15) is 0 Å². The number of methoxy groups -OCH3 is 1. The minimum Gasteiger partial charge on any atom is -0.460 e. The Kier molecular flexibility index (Phi) is 8.11. The van der Waals surface area contributed by atoms with Crippen molar-refractivity contribution in [3.05, 3.63) is 0 Å². The van der Waals surface area contributed by atoms with E-state index in [1.165, 1.54) is 7.11 Å². The van der Waals surface area contributed by atoms with E-state index in [2.05, 4.69) is 9.47 Å². The number of carbonyl (C=O) groups excluding carboxylic acids is 2. The Morgan fingerprint density at radius 2 is 1.78 bits per heavy atom. The van der Waals surface area contributed by atoms with Crippen molar-refractivity contribution in [2.75, 3.05) is 26.9 Å². The minimum atomic E-state index is -0.747. The van der Waals surface area contributed by atoms with Gasteiger partial charge in [0.15, 0.2) is 0 Å². The predicted octanol–water partition coefficient (Wildman–Crippen LogP) is 1.91. The van der Waals surface area contributed by atoms with E-state index in [4.69, 9.17) is 9.47 Å². The molecule has 0 aromatic carbocycles. The Hall–Kier alpha value is -1.30. The van der Waals surface area contributed by atoms with Gasteiger partial charge >= 0.3 is 12.1 Å². The number of ether oxygens (including phenoxy) is 4. The Bertz CT molecular complexity index is 261. The normalized spacial score (nSPS) is 10.9. The fraction of sp³-hybridized carbons (Fsp3) is 0.833. The molecule has 6 heteroatoms. The summed E-state index contributed by atoms with van der Waals surface area (Å²) in [6.45, 7) is 6.23. The van der Waals surface area contributed by atoms with Gasteiger partial charge in [-0.1, -0.05) is 6.92 Å². The first-order valence-corrected chi connectivity index (χ1v) is 5.91. The molecule has 0 aliphatic carbocycles. The molecule has 0 heterocycles. The second kappa shape index (κ2) is 8.74. The van der Waals surface area contributed by atoms with Crippen LogP contribution < -0.4 is 0 Å². The first-order valence-electron chi connectivity index (χ1n) is 5.91. The van der Waals surface area contributed by atoms with Crippen molar-refractivity contribution < 1.29 is 28.5 Å². The van der Waals surface area contributed by atoms with E-state index in [-0.39, 0.29) is 32.2 Å². The highest BCUT2D eigenvalue weighted by molar-refractivity contribution is 5.69. The van der Waals surface area contributed by atoms with Crippen LogP contribution in [0.15, 0.2) is 0 Å². The fourth-order valence-electron chi connectivity index (χ4n) is 0.932. The number of carbonyl (C=O) groups is 2. The Balaban J connectivity index is 3.49. The summed E-state index contributed by atoms with van der Waals surface area (Å²) in [7, 11) is 1.23. The van der Waals surface area contributed by atoms with Crippen LogP contribution in [-0.4, -0.2) is 44.7 Å². The second-order valence-corrected chi connectivity index (χ2v) is 4.25. The van der Waals surface area contributed by atoms with E-state index in [1.807, 2.05) is 20.8 Å². The third-order valence-electron chi connectivity index (χ3n) is 2.31. The van der Waals surface area contributed by atoms with Gasteiger partial charge < -0.3 is 18.9 Å². The first kappa shape index (κ1) is 16.7. The lowest BCUT2D eigenvalue weighted by atomic mass is 10.1. The molecule has 0 saturated carbocycles. The van der Waals surface area contributed by atoms with Crippen molar-refractivity contribution in [3.63, 3.8) is 0 Å². The van der Waals surface area contributed by atoms with Crippen LogP contribution in [0.5, 0.6) is 0 Å². The molecule has 0 fully saturated rings. The molecule has 0 unspecified atom stereocenters. The smallest absolute Gasteiger partial charge is 0.460 e. The van der Waals surface area contributed by atoms with E-state index < -0.39 is 11.8 Å². The highest BCUT2D eigenvalue weighted by Gasteiger charge is 2.19. The van der Waals surface area contributed by atoms with Gasteiger partial charge in [0.05, 0.1) is 26.7 Å². The summed E-state index contributed by atoms with van der Waals surface area (Å²) in [5.41, 5.74) is -0.439. The zero-order valence-corrected chi connectivity index (χ0v) is 11.5. The molecule has 0 amide bonds. The fourth-order valence-corrected chi connectivity index (χ4v) is 0.932. The molecule has 0 saturated heterocycles. The van der Waals surface area contributed by atoms with Crippen LogP contribution in [0.2, 0.25) is 0 Å². The van der Waals surface area contributed by atoms with E-state index in [0.29, 0.717) is 0 Å². The van der Waals surface area contributed by atoms with Gasteiger partial charge in [0.2, 0.25) is 0 Å². The molecule has 0 rings (SSSR count). The second-order valence-electron chi connectivity index (χ2n) is 4.25. The Morgan fingerprint density at radius 3 is 2.33 bits per heavy atom. The van der Waals surface area contributed by atoms with Crippen LogP contribution in [0.3, 0.4) is 0 Å². The summed E-state index contributed by atoms with van der Waals surface area (Å²) >= 11 is 0. The predicted molar refractivity (Wildman–Crippen MR) is 64.3 cm³/mol. The van der Waals surface area contributed by atoms with Gasteiger partial charge in [0, 0.05) is 0 Å². The quantitative estimate of drug-likeness (QED) is 0.491. The van der Waals surface area contributed by atoms with Crippen molar-refractivity contribution in [2.24, 2.45) is 0 Å². The van der Waals surface area contributed by atoms with Gasteiger partial charge in [-0.3, -0.25) is 4.79 Å². The van der Waals surface area contributed by atoms with Crippen molar-refractivity contribution in [3.8, 4) is 0 Å². The van der Waals surface area contributed by atoms with Crippen molar-refractivity contribution in [2.45, 2.75) is 39.2 Å². The van der Waals surface area contributed by atoms with Crippen LogP contribution in [0.25, 0.3) is 0 Å². The summed E-state index contributed by atoms with van der Waals surface area (Å²) in [5, 5.41) is 0. The molecule has 0 N–H and O–H groups in total. The molecule has 0 spiro atoms. The SMILES string of the molecule is CCC(C)(C)OC(=O)CCOCCOC(=O)OC. The van der Waals surface area contributed by atoms with E-state index in [1.54, 1.807) is 0 Å². The standard InChI is InChI=1S/C12H22O6/c1-5-12(2,3)18-10(13)6-7-16-8-9-17-11(14)15-4/h5-9H2,1-4H3. The summed E-state index contributed by atoms with van der Waals surface area (Å²) in [6.07, 6.45) is 0.191. The van der Waals surface area contributed by atoms with Gasteiger partial charge in [-0.15, -0.1) is 0 Å². The molecule has 0 radical (unpaired) electrons. The molecule has 0 bridgehead atoms. The summed E-state index contributed by atoms with van der Waals surface area (Å²) in [6, 6.07) is 0. The molecule has 0 atom stereocenters. The molecule has 18 heavy (non-hydrogen) atoms. The van der Waals surface area contributed by atoms with Crippen molar-refractivity contribution in [1.82, 2.24) is 0 Å². The maximum absolute atomic E-state index is 11.4. The largest absolute Gasteiger partial charge is 0.508 e. The molecule has 106 valence electrons. The summed E-state index contributed by atoms with van der Waals surface area (Å²) in [5.74, 6) is -0.296. The lowest BCUT2D eigenvalue weighted by Gasteiger charge is -2.23. The maximum Gasteiger partial charge on any atom is 0.508 e. The van der Waals surface area contributed by atoms with Gasteiger partial charge in [-0.05, 0) is 20.3 Å². The lowest BCUT2D eigenvalue weighted by Crippen LogP contribution is -2.27. The molecule has 6 nitrogen and oxygen atoms in total. The number of rotatable bonds is 8. The van der Waals surface area contributed by atoms with Crippen LogP contribution in [0.1, 0.15) is 33.6 Å². The van der Waals surface area contributed by atoms with Crippen LogP contribution >= 0.6 is 0 Å². The number of hydrogen-bond donors (Lipinski definition) is 0. The van der Waals surface area contributed by atoms with Crippen molar-refractivity contribution >= 4 is 12.1 Å². The Labute approximate surface area is 108 Å². The van der Waals surface area contributed by atoms with Gasteiger partial charge in [-0.25, -0.2) is 4.79 Å². The van der Waals surface area contributed by atoms with Crippen LogP contribution in [-0.2, 0) is 23.7 Å². The van der Waals surface area contributed by atoms with E-state index in [9.17, 15) is 9.59 Å². The van der Waals surface area contributed by atoms with E-state index in [0.717, 1.165) is 6.42 Å². The molecular formula is C12H22O6. The average Bonchev–Trinajstić information content (AvgIpc) is 2.32. The molecule has 0 aromatic rings. The monoisotopic (exact) mass is 262 g/mol.